The third kappa shape index (κ3) is 1.92. The Morgan fingerprint density at radius 3 is 2.64 bits per heavy atom. The fourth-order valence-electron chi connectivity index (χ4n) is 0.822. The van der Waals surface area contributed by atoms with E-state index in [1.54, 1.807) is 19.1 Å². The van der Waals surface area contributed by atoms with Crippen molar-refractivity contribution in [2.45, 2.75) is 6.92 Å². The number of phenols is 1. The second-order valence-electron chi connectivity index (χ2n) is 2.29. The number of hydrogen-bond donors (Lipinski definition) is 2. The van der Waals surface area contributed by atoms with Gasteiger partial charge in [0.05, 0.1) is 0 Å². The molecule has 0 unspecified atom stereocenters. The average molecular weight is 261 g/mol. The van der Waals surface area contributed by atoms with Crippen molar-refractivity contribution in [2.24, 2.45) is 0 Å². The molecule has 0 heterocycles. The molecule has 0 spiro atoms. The maximum absolute atomic E-state index is 9.32. The van der Waals surface area contributed by atoms with E-state index in [2.05, 4.69) is 22.6 Å². The van der Waals surface area contributed by atoms with Crippen molar-refractivity contribution in [2.75, 3.05) is 0 Å². The van der Waals surface area contributed by atoms with Crippen LogP contribution in [0.4, 0.5) is 0 Å². The van der Waals surface area contributed by atoms with Crippen LogP contribution in [-0.4, -0.2) is 10.8 Å². The molecule has 2 nitrogen and oxygen atoms in total. The Balaban J connectivity index is 3.20. The molecule has 0 bridgehead atoms. The third-order valence-electron chi connectivity index (χ3n) is 1.36. The van der Waals surface area contributed by atoms with Gasteiger partial charge in [-0.15, -0.1) is 0 Å². The number of phenolic OH excluding ortho intramolecular Hbond substituents is 1. The molecule has 1 rings (SSSR count). The van der Waals surface area contributed by atoms with Gasteiger partial charge < -0.3 is 10.5 Å². The zero-order valence-corrected chi connectivity index (χ0v) is 8.21. The molecule has 1 aromatic rings. The lowest BCUT2D eigenvalue weighted by molar-refractivity contribution is 0.473. The van der Waals surface area contributed by atoms with Gasteiger partial charge in [-0.2, -0.15) is 0 Å². The first-order valence-corrected chi connectivity index (χ1v) is 4.23. The summed E-state index contributed by atoms with van der Waals surface area (Å²) < 4.78 is 0.977. The predicted molar refractivity (Wildman–Crippen MR) is 53.3 cm³/mol. The largest absolute Gasteiger partial charge is 0.507 e. The van der Waals surface area contributed by atoms with E-state index in [-0.39, 0.29) is 5.75 Å². The fraction of sp³-hybridized carbons (Fsp3) is 0.125. The van der Waals surface area contributed by atoms with Crippen LogP contribution in [0.15, 0.2) is 18.2 Å². The van der Waals surface area contributed by atoms with Crippen LogP contribution in [0.5, 0.6) is 5.75 Å². The van der Waals surface area contributed by atoms with Crippen molar-refractivity contribution in [3.63, 3.8) is 0 Å². The molecule has 0 saturated carbocycles. The summed E-state index contributed by atoms with van der Waals surface area (Å²) in [6, 6.07) is 5.26. The number of aromatic hydroxyl groups is 1. The number of hydrogen-bond acceptors (Lipinski definition) is 2. The van der Waals surface area contributed by atoms with E-state index < -0.39 is 0 Å². The molecular weight excluding hydrogens is 253 g/mol. The normalized spacial score (nSPS) is 9.64. The van der Waals surface area contributed by atoms with Crippen LogP contribution in [0.1, 0.15) is 12.5 Å². The van der Waals surface area contributed by atoms with E-state index in [9.17, 15) is 5.11 Å². The molecule has 0 atom stereocenters. The molecule has 0 fully saturated rings. The second-order valence-corrected chi connectivity index (χ2v) is 3.53. The minimum Gasteiger partial charge on any atom is -0.507 e. The molecule has 11 heavy (non-hydrogen) atoms. The highest BCUT2D eigenvalue weighted by atomic mass is 127. The van der Waals surface area contributed by atoms with Gasteiger partial charge in [0.15, 0.2) is 0 Å². The zero-order chi connectivity index (χ0) is 8.43. The molecule has 58 valence electrons. The van der Waals surface area contributed by atoms with Crippen molar-refractivity contribution in [3.8, 4) is 5.75 Å². The van der Waals surface area contributed by atoms with Crippen LogP contribution < -0.4 is 0 Å². The van der Waals surface area contributed by atoms with Gasteiger partial charge in [-0.25, -0.2) is 0 Å². The molecule has 0 radical (unpaired) electrons. The van der Waals surface area contributed by atoms with E-state index in [1.165, 1.54) is 0 Å². The van der Waals surface area contributed by atoms with Gasteiger partial charge >= 0.3 is 0 Å². The van der Waals surface area contributed by atoms with E-state index >= 15 is 0 Å². The Labute approximate surface area is 78.9 Å². The van der Waals surface area contributed by atoms with Crippen LogP contribution in [0.3, 0.4) is 0 Å². The minimum absolute atomic E-state index is 0.185. The first kappa shape index (κ1) is 8.52. The summed E-state index contributed by atoms with van der Waals surface area (Å²) in [7, 11) is 0. The molecule has 0 aliphatic carbocycles. The first-order valence-electron chi connectivity index (χ1n) is 3.15. The van der Waals surface area contributed by atoms with Crippen molar-refractivity contribution >= 4 is 28.3 Å². The maximum Gasteiger partial charge on any atom is 0.125 e. The fourth-order valence-corrected chi connectivity index (χ4v) is 1.30. The summed E-state index contributed by atoms with van der Waals surface area (Å²) in [6.45, 7) is 1.65. The summed E-state index contributed by atoms with van der Waals surface area (Å²) in [4.78, 5) is 0. The standard InChI is InChI=1S/C8H8INO/c1-5(10)7-3-2-6(9)4-8(7)11/h2-4,10-11H,1H3. The molecule has 0 amide bonds. The lowest BCUT2D eigenvalue weighted by Crippen LogP contribution is -1.92. The number of benzene rings is 1. The SMILES string of the molecule is CC(=N)c1ccc(I)cc1O. The van der Waals surface area contributed by atoms with Gasteiger partial charge in [0.25, 0.3) is 0 Å². The number of rotatable bonds is 1. The number of nitrogens with one attached hydrogen (secondary N) is 1. The summed E-state index contributed by atoms with van der Waals surface area (Å²) in [5.41, 5.74) is 0.990. The molecule has 1 aromatic carbocycles. The Kier molecular flexibility index (Phi) is 2.49. The van der Waals surface area contributed by atoms with E-state index in [1.807, 2.05) is 6.07 Å². The van der Waals surface area contributed by atoms with Crippen molar-refractivity contribution in [1.82, 2.24) is 0 Å². The molecular formula is C8H8INO. The predicted octanol–water partition coefficient (Wildman–Crippen LogP) is 2.38. The van der Waals surface area contributed by atoms with Crippen molar-refractivity contribution in [3.05, 3.63) is 27.3 Å². The topological polar surface area (TPSA) is 44.1 Å². The highest BCUT2D eigenvalue weighted by molar-refractivity contribution is 14.1. The Hall–Kier alpha value is -0.580. The highest BCUT2D eigenvalue weighted by Gasteiger charge is 2.01. The van der Waals surface area contributed by atoms with Crippen molar-refractivity contribution in [1.29, 1.82) is 5.41 Å². The summed E-state index contributed by atoms with van der Waals surface area (Å²) in [5.74, 6) is 0.185. The van der Waals surface area contributed by atoms with Gasteiger partial charge in [0.1, 0.15) is 5.75 Å². The molecule has 0 saturated heterocycles. The van der Waals surface area contributed by atoms with Gasteiger partial charge in [-0.3, -0.25) is 0 Å². The van der Waals surface area contributed by atoms with Gasteiger partial charge in [0, 0.05) is 14.8 Å². The summed E-state index contributed by atoms with van der Waals surface area (Å²) >= 11 is 2.12. The van der Waals surface area contributed by atoms with Crippen LogP contribution in [0.25, 0.3) is 0 Å². The van der Waals surface area contributed by atoms with Gasteiger partial charge in [-0.1, -0.05) is 0 Å². The lowest BCUT2D eigenvalue weighted by atomic mass is 10.1. The smallest absolute Gasteiger partial charge is 0.125 e. The van der Waals surface area contributed by atoms with Crippen LogP contribution >= 0.6 is 22.6 Å². The van der Waals surface area contributed by atoms with Crippen molar-refractivity contribution < 1.29 is 5.11 Å². The molecule has 2 N–H and O–H groups in total. The number of halogens is 1. The second kappa shape index (κ2) is 3.21. The zero-order valence-electron chi connectivity index (χ0n) is 6.06. The van der Waals surface area contributed by atoms with Crippen LogP contribution in [0, 0.1) is 8.98 Å². The summed E-state index contributed by atoms with van der Waals surface area (Å²) in [5, 5.41) is 16.6. The van der Waals surface area contributed by atoms with Crippen LogP contribution in [-0.2, 0) is 0 Å². The first-order chi connectivity index (χ1) is 5.11. The molecule has 0 aliphatic heterocycles. The Morgan fingerprint density at radius 2 is 2.18 bits per heavy atom. The quantitative estimate of drug-likeness (QED) is 0.591. The van der Waals surface area contributed by atoms with Crippen LogP contribution in [0.2, 0.25) is 0 Å². The van der Waals surface area contributed by atoms with E-state index in [0.29, 0.717) is 11.3 Å². The maximum atomic E-state index is 9.32. The highest BCUT2D eigenvalue weighted by Crippen LogP contribution is 2.19. The third-order valence-corrected chi connectivity index (χ3v) is 2.03. The Bertz CT molecular complexity index is 296. The van der Waals surface area contributed by atoms with E-state index in [0.717, 1.165) is 3.57 Å². The van der Waals surface area contributed by atoms with Gasteiger partial charge in [0.2, 0.25) is 0 Å². The molecule has 0 aliphatic rings. The molecule has 3 heteroatoms. The van der Waals surface area contributed by atoms with E-state index in [4.69, 9.17) is 5.41 Å². The minimum atomic E-state index is 0.185. The Morgan fingerprint density at radius 1 is 1.55 bits per heavy atom. The average Bonchev–Trinajstić information content (AvgIpc) is 1.85. The lowest BCUT2D eigenvalue weighted by Gasteiger charge is -2.01. The van der Waals surface area contributed by atoms with Gasteiger partial charge in [-0.05, 0) is 47.7 Å². The summed E-state index contributed by atoms with van der Waals surface area (Å²) in [6.07, 6.45) is 0. The monoisotopic (exact) mass is 261 g/mol. The molecule has 0 aromatic heterocycles.